The molecule has 0 saturated carbocycles. The quantitative estimate of drug-likeness (QED) is 0.437. The highest BCUT2D eigenvalue weighted by molar-refractivity contribution is 5.94. The van der Waals surface area contributed by atoms with Gasteiger partial charge in [0.25, 0.3) is 11.6 Å². The number of ether oxygens (including phenoxy) is 1. The molecular weight excluding hydrogens is 264 g/mol. The molecule has 0 heterocycles. The van der Waals surface area contributed by atoms with Gasteiger partial charge >= 0.3 is 0 Å². The molecule has 7 nitrogen and oxygen atoms in total. The van der Waals surface area contributed by atoms with Gasteiger partial charge in [-0.25, -0.2) is 0 Å². The molecule has 1 rings (SSSR count). The maximum atomic E-state index is 12.3. The fourth-order valence-corrected chi connectivity index (χ4v) is 1.77. The number of rotatable bonds is 8. The Morgan fingerprint density at radius 2 is 2.20 bits per heavy atom. The number of benzene rings is 1. The van der Waals surface area contributed by atoms with Gasteiger partial charge in [0.05, 0.1) is 11.5 Å². The van der Waals surface area contributed by atoms with Crippen LogP contribution >= 0.6 is 0 Å². The predicted molar refractivity (Wildman–Crippen MR) is 72.6 cm³/mol. The van der Waals surface area contributed by atoms with Crippen LogP contribution in [0.2, 0.25) is 0 Å². The Hall–Kier alpha value is -1.99. The maximum Gasteiger partial charge on any atom is 0.270 e. The summed E-state index contributed by atoms with van der Waals surface area (Å²) in [6.07, 6.45) is 0.636. The molecule has 0 aliphatic carbocycles. The normalized spacial score (nSPS) is 10.3. The topological polar surface area (TPSA) is 92.9 Å². The van der Waals surface area contributed by atoms with Crippen LogP contribution in [0.1, 0.15) is 16.8 Å². The molecule has 0 aliphatic heterocycles. The first-order valence-corrected chi connectivity index (χ1v) is 6.23. The first-order chi connectivity index (χ1) is 9.60. The second-order valence-electron chi connectivity index (χ2n) is 4.17. The number of nitro benzene ring substituents is 1. The number of carbonyl (C=O) groups excluding carboxylic acids is 1. The molecule has 1 amide bonds. The van der Waals surface area contributed by atoms with Crippen molar-refractivity contribution in [3.63, 3.8) is 0 Å². The van der Waals surface area contributed by atoms with E-state index in [2.05, 4.69) is 0 Å². The number of carbonyl (C=O) groups is 1. The van der Waals surface area contributed by atoms with Crippen molar-refractivity contribution in [2.75, 3.05) is 33.4 Å². The van der Waals surface area contributed by atoms with Gasteiger partial charge in [-0.2, -0.15) is 0 Å². The van der Waals surface area contributed by atoms with Crippen molar-refractivity contribution in [1.29, 1.82) is 0 Å². The van der Waals surface area contributed by atoms with Crippen molar-refractivity contribution >= 4 is 11.6 Å². The van der Waals surface area contributed by atoms with Gasteiger partial charge in [-0.3, -0.25) is 14.9 Å². The molecule has 0 atom stereocenters. The molecule has 0 saturated heterocycles. The molecule has 0 unspecified atom stereocenters. The lowest BCUT2D eigenvalue weighted by Crippen LogP contribution is -2.34. The van der Waals surface area contributed by atoms with E-state index >= 15 is 0 Å². The molecule has 110 valence electrons. The largest absolute Gasteiger partial charge is 0.395 e. The minimum atomic E-state index is -0.544. The van der Waals surface area contributed by atoms with Gasteiger partial charge in [-0.15, -0.1) is 0 Å². The Morgan fingerprint density at radius 1 is 1.45 bits per heavy atom. The Labute approximate surface area is 116 Å². The van der Waals surface area contributed by atoms with E-state index in [1.165, 1.54) is 29.2 Å². The van der Waals surface area contributed by atoms with Crippen LogP contribution in [0.5, 0.6) is 0 Å². The molecule has 0 bridgehead atoms. The fourth-order valence-electron chi connectivity index (χ4n) is 1.77. The molecule has 7 heteroatoms. The minimum absolute atomic E-state index is 0.128. The molecule has 0 radical (unpaired) electrons. The van der Waals surface area contributed by atoms with Crippen molar-refractivity contribution in [3.8, 4) is 0 Å². The highest BCUT2D eigenvalue weighted by Gasteiger charge is 2.17. The van der Waals surface area contributed by atoms with Crippen molar-refractivity contribution in [2.45, 2.75) is 6.42 Å². The zero-order valence-corrected chi connectivity index (χ0v) is 11.3. The Morgan fingerprint density at radius 3 is 2.80 bits per heavy atom. The van der Waals surface area contributed by atoms with Crippen molar-refractivity contribution in [1.82, 2.24) is 4.90 Å². The number of non-ortho nitro benzene ring substituents is 1. The van der Waals surface area contributed by atoms with Gasteiger partial charge < -0.3 is 14.7 Å². The number of nitro groups is 1. The fraction of sp³-hybridized carbons (Fsp3) is 0.462. The van der Waals surface area contributed by atoms with E-state index in [0.717, 1.165) is 0 Å². The lowest BCUT2D eigenvalue weighted by molar-refractivity contribution is -0.384. The number of nitrogens with zero attached hydrogens (tertiary/aromatic N) is 2. The molecule has 0 spiro atoms. The summed E-state index contributed by atoms with van der Waals surface area (Å²) in [5.41, 5.74) is 0.113. The van der Waals surface area contributed by atoms with Crippen LogP contribution in [0.25, 0.3) is 0 Å². The SMILES string of the molecule is COCCCN(CCO)C(=O)c1cccc([N+](=O)[O-])c1. The summed E-state index contributed by atoms with van der Waals surface area (Å²) in [5, 5.41) is 19.7. The first kappa shape index (κ1) is 16.1. The summed E-state index contributed by atoms with van der Waals surface area (Å²) in [6, 6.07) is 5.56. The van der Waals surface area contributed by atoms with E-state index in [0.29, 0.717) is 19.6 Å². The summed E-state index contributed by atoms with van der Waals surface area (Å²) in [5.74, 6) is -0.334. The second-order valence-corrected chi connectivity index (χ2v) is 4.17. The zero-order valence-electron chi connectivity index (χ0n) is 11.3. The number of amides is 1. The first-order valence-electron chi connectivity index (χ1n) is 6.23. The van der Waals surface area contributed by atoms with Crippen LogP contribution in [-0.2, 0) is 4.74 Å². The third kappa shape index (κ3) is 4.60. The molecule has 0 aromatic heterocycles. The van der Waals surface area contributed by atoms with E-state index in [4.69, 9.17) is 9.84 Å². The summed E-state index contributed by atoms with van der Waals surface area (Å²) in [7, 11) is 1.57. The van der Waals surface area contributed by atoms with E-state index in [9.17, 15) is 14.9 Å². The standard InChI is InChI=1S/C13H18N2O5/c1-20-9-3-6-14(7-8-16)13(17)11-4-2-5-12(10-11)15(18)19/h2,4-5,10,16H,3,6-9H2,1H3. The minimum Gasteiger partial charge on any atom is -0.395 e. The third-order valence-electron chi connectivity index (χ3n) is 2.74. The highest BCUT2D eigenvalue weighted by atomic mass is 16.6. The number of aliphatic hydroxyl groups excluding tert-OH is 1. The van der Waals surface area contributed by atoms with Crippen LogP contribution in [0.4, 0.5) is 5.69 Å². The van der Waals surface area contributed by atoms with Gasteiger partial charge in [0.2, 0.25) is 0 Å². The molecule has 1 aromatic rings. The highest BCUT2D eigenvalue weighted by Crippen LogP contribution is 2.15. The monoisotopic (exact) mass is 282 g/mol. The van der Waals surface area contributed by atoms with Gasteiger partial charge in [0.15, 0.2) is 0 Å². The van der Waals surface area contributed by atoms with E-state index in [1.807, 2.05) is 0 Å². The smallest absolute Gasteiger partial charge is 0.270 e. The predicted octanol–water partition coefficient (Wildman–Crippen LogP) is 1.07. The Bertz CT molecular complexity index is 464. The molecule has 0 fully saturated rings. The number of hydrogen-bond acceptors (Lipinski definition) is 5. The zero-order chi connectivity index (χ0) is 15.0. The lowest BCUT2D eigenvalue weighted by atomic mass is 10.1. The summed E-state index contributed by atoms with van der Waals surface area (Å²) in [4.78, 5) is 23.9. The van der Waals surface area contributed by atoms with Gasteiger partial charge in [-0.05, 0) is 12.5 Å². The maximum absolute atomic E-state index is 12.3. The van der Waals surface area contributed by atoms with Crippen molar-refractivity contribution in [3.05, 3.63) is 39.9 Å². The number of hydrogen-bond donors (Lipinski definition) is 1. The molecule has 1 aromatic carbocycles. The summed E-state index contributed by atoms with van der Waals surface area (Å²) in [6.45, 7) is 0.957. The van der Waals surface area contributed by atoms with Crippen LogP contribution in [0, 0.1) is 10.1 Å². The summed E-state index contributed by atoms with van der Waals surface area (Å²) >= 11 is 0. The van der Waals surface area contributed by atoms with Crippen LogP contribution < -0.4 is 0 Å². The van der Waals surface area contributed by atoms with Gasteiger partial charge in [-0.1, -0.05) is 6.07 Å². The van der Waals surface area contributed by atoms with Crippen LogP contribution in [0.3, 0.4) is 0 Å². The average molecular weight is 282 g/mol. The van der Waals surface area contributed by atoms with Gasteiger partial charge in [0, 0.05) is 44.5 Å². The van der Waals surface area contributed by atoms with Gasteiger partial charge in [0.1, 0.15) is 0 Å². The number of methoxy groups -OCH3 is 1. The average Bonchev–Trinajstić information content (AvgIpc) is 2.46. The van der Waals surface area contributed by atoms with Crippen molar-refractivity contribution in [2.24, 2.45) is 0 Å². The second kappa shape index (κ2) is 8.23. The molecule has 0 aliphatic rings. The van der Waals surface area contributed by atoms with E-state index in [1.54, 1.807) is 7.11 Å². The summed E-state index contributed by atoms with van der Waals surface area (Å²) < 4.78 is 4.92. The number of aliphatic hydroxyl groups is 1. The van der Waals surface area contributed by atoms with E-state index in [-0.39, 0.29) is 30.3 Å². The molecule has 1 N–H and O–H groups in total. The third-order valence-corrected chi connectivity index (χ3v) is 2.74. The van der Waals surface area contributed by atoms with Crippen molar-refractivity contribution < 1.29 is 19.6 Å². The van der Waals surface area contributed by atoms with Crippen LogP contribution in [-0.4, -0.2) is 54.3 Å². The Balaban J connectivity index is 2.82. The van der Waals surface area contributed by atoms with E-state index < -0.39 is 4.92 Å². The molecule has 20 heavy (non-hydrogen) atoms. The van der Waals surface area contributed by atoms with Crippen LogP contribution in [0.15, 0.2) is 24.3 Å². The lowest BCUT2D eigenvalue weighted by Gasteiger charge is -2.21. The molecular formula is C13H18N2O5. The Kier molecular flexibility index (Phi) is 6.61.